The molecule has 1 heterocycles. The lowest BCUT2D eigenvalue weighted by Gasteiger charge is -2.33. The van der Waals surface area contributed by atoms with E-state index in [1.807, 2.05) is 13.0 Å². The van der Waals surface area contributed by atoms with Gasteiger partial charge in [0.15, 0.2) is 0 Å². The van der Waals surface area contributed by atoms with Crippen LogP contribution in [-0.4, -0.2) is 47.7 Å². The van der Waals surface area contributed by atoms with Crippen LogP contribution in [0, 0.1) is 11.8 Å². The molecule has 1 aromatic carbocycles. The minimum atomic E-state index is -0.853. The number of benzene rings is 1. The Morgan fingerprint density at radius 3 is 2.58 bits per heavy atom. The van der Waals surface area contributed by atoms with E-state index in [1.165, 1.54) is 68.2 Å². The van der Waals surface area contributed by atoms with E-state index in [0.29, 0.717) is 6.42 Å². The second kappa shape index (κ2) is 12.6. The van der Waals surface area contributed by atoms with Gasteiger partial charge in [0.25, 0.3) is 0 Å². The Labute approximate surface area is 201 Å². The molecule has 1 saturated carbocycles. The van der Waals surface area contributed by atoms with Crippen molar-refractivity contribution in [1.29, 1.82) is 0 Å². The first kappa shape index (κ1) is 25.0. The molecule has 1 amide bonds. The van der Waals surface area contributed by atoms with Crippen LogP contribution < -0.4 is 5.32 Å². The van der Waals surface area contributed by atoms with E-state index in [9.17, 15) is 9.90 Å². The van der Waals surface area contributed by atoms with Gasteiger partial charge in [-0.05, 0) is 119 Å². The van der Waals surface area contributed by atoms with Crippen LogP contribution in [0.15, 0.2) is 22.7 Å². The highest BCUT2D eigenvalue weighted by Gasteiger charge is 2.25. The number of amides is 1. The highest BCUT2D eigenvalue weighted by Crippen LogP contribution is 2.30. The number of rotatable bonds is 9. The average Bonchev–Trinajstić information content (AvgIpc) is 2.78. The van der Waals surface area contributed by atoms with Gasteiger partial charge in [0, 0.05) is 15.5 Å². The number of carbonyl (C=O) groups excluding carboxylic acids is 1. The van der Waals surface area contributed by atoms with Crippen LogP contribution in [-0.2, 0) is 11.2 Å². The summed E-state index contributed by atoms with van der Waals surface area (Å²) in [6.07, 6.45) is 10.4. The molecule has 3 rings (SSSR count). The van der Waals surface area contributed by atoms with E-state index in [-0.39, 0.29) is 11.9 Å². The monoisotopic (exact) mass is 512 g/mol. The van der Waals surface area contributed by atoms with Crippen molar-refractivity contribution in [1.82, 2.24) is 10.2 Å². The van der Waals surface area contributed by atoms with Gasteiger partial charge >= 0.3 is 0 Å². The van der Waals surface area contributed by atoms with Gasteiger partial charge in [-0.1, -0.05) is 34.5 Å². The van der Waals surface area contributed by atoms with Crippen LogP contribution in [0.25, 0.3) is 0 Å². The average molecular weight is 514 g/mol. The van der Waals surface area contributed by atoms with E-state index >= 15 is 0 Å². The van der Waals surface area contributed by atoms with Crippen molar-refractivity contribution < 1.29 is 9.90 Å². The molecule has 1 aliphatic heterocycles. The molecule has 0 spiro atoms. The summed E-state index contributed by atoms with van der Waals surface area (Å²) in [6, 6.07) is 6.35. The number of aliphatic hydroxyl groups excluding tert-OH is 1. The summed E-state index contributed by atoms with van der Waals surface area (Å²) in [5, 5.41) is 13.5. The van der Waals surface area contributed by atoms with Crippen LogP contribution >= 0.6 is 27.5 Å². The van der Waals surface area contributed by atoms with Gasteiger partial charge in [-0.2, -0.15) is 0 Å². The van der Waals surface area contributed by atoms with Crippen LogP contribution in [0.3, 0.4) is 0 Å². The lowest BCUT2D eigenvalue weighted by Crippen LogP contribution is -2.42. The third-order valence-electron chi connectivity index (χ3n) is 7.19. The fourth-order valence-electron chi connectivity index (χ4n) is 5.11. The van der Waals surface area contributed by atoms with Crippen molar-refractivity contribution in [3.63, 3.8) is 0 Å². The maximum atomic E-state index is 11.9. The first-order chi connectivity index (χ1) is 14.9. The molecule has 0 bridgehead atoms. The quantitative estimate of drug-likeness (QED) is 0.453. The highest BCUT2D eigenvalue weighted by atomic mass is 79.9. The smallest absolute Gasteiger partial charge is 0.249 e. The van der Waals surface area contributed by atoms with Crippen LogP contribution in [0.2, 0.25) is 5.02 Å². The fourth-order valence-corrected chi connectivity index (χ4v) is 5.71. The van der Waals surface area contributed by atoms with Gasteiger partial charge in [0.2, 0.25) is 5.91 Å². The van der Waals surface area contributed by atoms with E-state index in [0.717, 1.165) is 36.1 Å². The summed E-state index contributed by atoms with van der Waals surface area (Å²) in [7, 11) is 0. The largest absolute Gasteiger partial charge is 0.383 e. The van der Waals surface area contributed by atoms with Gasteiger partial charge in [0.05, 0.1) is 0 Å². The van der Waals surface area contributed by atoms with Crippen molar-refractivity contribution in [3.8, 4) is 0 Å². The number of nitrogens with one attached hydrogen (secondary N) is 1. The zero-order valence-electron chi connectivity index (χ0n) is 18.8. The van der Waals surface area contributed by atoms with Gasteiger partial charge in [-0.25, -0.2) is 0 Å². The van der Waals surface area contributed by atoms with Crippen LogP contribution in [0.4, 0.5) is 0 Å². The van der Waals surface area contributed by atoms with Crippen molar-refractivity contribution in [2.24, 2.45) is 11.8 Å². The second-order valence-electron chi connectivity index (χ2n) is 9.52. The molecular formula is C25H38BrClN2O2. The molecule has 1 aromatic rings. The fraction of sp³-hybridized carbons (Fsp3) is 0.720. The molecule has 4 nitrogen and oxygen atoms in total. The van der Waals surface area contributed by atoms with E-state index in [2.05, 4.69) is 38.3 Å². The number of hydrogen-bond donors (Lipinski definition) is 2. The van der Waals surface area contributed by atoms with E-state index in [4.69, 9.17) is 11.6 Å². The number of halogens is 2. The van der Waals surface area contributed by atoms with E-state index < -0.39 is 6.10 Å². The topological polar surface area (TPSA) is 52.6 Å². The Bertz CT molecular complexity index is 701. The molecule has 1 atom stereocenters. The molecule has 0 radical (unpaired) electrons. The zero-order valence-corrected chi connectivity index (χ0v) is 21.1. The molecule has 2 fully saturated rings. The molecule has 1 aliphatic carbocycles. The molecular weight excluding hydrogens is 476 g/mol. The molecule has 2 N–H and O–H groups in total. The minimum Gasteiger partial charge on any atom is -0.383 e. The standard InChI is InChI=1S/C25H38BrClN2O2/c1-2-24(30)25(31)28-22-8-5-18(6-9-22)4-3-13-29-14-11-19(12-15-29)16-20-17-21(27)7-10-23(20)26/h7,10,17-19,22,24,30H,2-6,8-9,11-16H2,1H3,(H,28,31). The maximum Gasteiger partial charge on any atom is 0.249 e. The van der Waals surface area contributed by atoms with Gasteiger partial charge in [-0.3, -0.25) is 4.79 Å². The zero-order chi connectivity index (χ0) is 22.2. The minimum absolute atomic E-state index is 0.197. The third kappa shape index (κ3) is 8.03. The Morgan fingerprint density at radius 1 is 1.19 bits per heavy atom. The lowest BCUT2D eigenvalue weighted by atomic mass is 9.83. The number of piperidine rings is 1. The van der Waals surface area contributed by atoms with Gasteiger partial charge in [-0.15, -0.1) is 0 Å². The molecule has 1 saturated heterocycles. The summed E-state index contributed by atoms with van der Waals surface area (Å²) in [6.45, 7) is 5.47. The lowest BCUT2D eigenvalue weighted by molar-refractivity contribution is -0.130. The van der Waals surface area contributed by atoms with Crippen LogP contribution in [0.1, 0.15) is 70.3 Å². The molecule has 31 heavy (non-hydrogen) atoms. The van der Waals surface area contributed by atoms with Crippen molar-refractivity contribution in [2.75, 3.05) is 19.6 Å². The Hall–Kier alpha value is -0.620. The molecule has 6 heteroatoms. The van der Waals surface area contributed by atoms with Crippen molar-refractivity contribution in [2.45, 2.75) is 83.3 Å². The number of likely N-dealkylation sites (tertiary alicyclic amines) is 1. The normalized spacial score (nSPS) is 24.1. The van der Waals surface area contributed by atoms with Crippen LogP contribution in [0.5, 0.6) is 0 Å². The molecule has 2 aliphatic rings. The Balaban J connectivity index is 1.28. The van der Waals surface area contributed by atoms with Crippen molar-refractivity contribution in [3.05, 3.63) is 33.3 Å². The summed E-state index contributed by atoms with van der Waals surface area (Å²) in [5.41, 5.74) is 1.34. The predicted octanol–water partition coefficient (Wildman–Crippen LogP) is 5.58. The molecule has 174 valence electrons. The summed E-state index contributed by atoms with van der Waals surface area (Å²) in [4.78, 5) is 14.5. The molecule has 0 aromatic heterocycles. The number of hydrogen-bond acceptors (Lipinski definition) is 3. The summed E-state index contributed by atoms with van der Waals surface area (Å²) < 4.78 is 1.18. The molecule has 1 unspecified atom stereocenters. The number of nitrogens with zero attached hydrogens (tertiary/aromatic N) is 1. The van der Waals surface area contributed by atoms with Crippen molar-refractivity contribution >= 4 is 33.4 Å². The van der Waals surface area contributed by atoms with Gasteiger partial charge < -0.3 is 15.3 Å². The second-order valence-corrected chi connectivity index (χ2v) is 10.8. The first-order valence-corrected chi connectivity index (χ1v) is 13.3. The SMILES string of the molecule is CCC(O)C(=O)NC1CCC(CCCN2CCC(Cc3cc(Cl)ccc3Br)CC2)CC1. The number of aliphatic hydroxyl groups is 1. The number of carbonyl (C=O) groups is 1. The Morgan fingerprint density at radius 2 is 1.90 bits per heavy atom. The Kier molecular flexibility index (Phi) is 10.1. The van der Waals surface area contributed by atoms with Gasteiger partial charge in [0.1, 0.15) is 6.10 Å². The third-order valence-corrected chi connectivity index (χ3v) is 8.20. The van der Waals surface area contributed by atoms with E-state index in [1.54, 1.807) is 0 Å². The maximum absolute atomic E-state index is 11.9. The summed E-state index contributed by atoms with van der Waals surface area (Å²) >= 11 is 9.83. The summed E-state index contributed by atoms with van der Waals surface area (Å²) in [5.74, 6) is 1.35. The predicted molar refractivity (Wildman–Crippen MR) is 131 cm³/mol. The first-order valence-electron chi connectivity index (χ1n) is 12.1. The highest BCUT2D eigenvalue weighted by molar-refractivity contribution is 9.10.